The molecule has 0 aliphatic rings. The fraction of sp³-hybridized carbons (Fsp3) is 0.0625. The van der Waals surface area contributed by atoms with Crippen molar-refractivity contribution in [3.8, 4) is 0 Å². The van der Waals surface area contributed by atoms with Gasteiger partial charge < -0.3 is 5.32 Å². The number of nitrogens with one attached hydrogen (secondary N) is 2. The van der Waals surface area contributed by atoms with E-state index in [1.165, 1.54) is 22.7 Å². The molecule has 3 rings (SSSR count). The van der Waals surface area contributed by atoms with Crippen LogP contribution in [0.5, 0.6) is 0 Å². The first-order valence-corrected chi connectivity index (χ1v) is 8.60. The lowest BCUT2D eigenvalue weighted by molar-refractivity contribution is -0.115. The molecule has 0 bridgehead atoms. The maximum absolute atomic E-state index is 12.3. The highest BCUT2D eigenvalue weighted by atomic mass is 32.1. The van der Waals surface area contributed by atoms with E-state index in [1.807, 2.05) is 17.5 Å². The summed E-state index contributed by atoms with van der Waals surface area (Å²) in [6, 6.07) is 10.7. The number of aromatic nitrogens is 1. The van der Waals surface area contributed by atoms with Crippen molar-refractivity contribution in [2.75, 3.05) is 10.6 Å². The van der Waals surface area contributed by atoms with Crippen molar-refractivity contribution in [3.05, 3.63) is 63.8 Å². The molecule has 0 aliphatic carbocycles. The molecule has 0 saturated heterocycles. The second-order valence-corrected chi connectivity index (χ2v) is 6.57. The smallest absolute Gasteiger partial charge is 0.259 e. The average Bonchev–Trinajstić information content (AvgIpc) is 3.21. The molecule has 2 N–H and O–H groups in total. The summed E-state index contributed by atoms with van der Waals surface area (Å²) in [5.41, 5.74) is 0.894. The van der Waals surface area contributed by atoms with Crippen molar-refractivity contribution in [1.82, 2.24) is 4.98 Å². The molecule has 0 spiro atoms. The summed E-state index contributed by atoms with van der Waals surface area (Å²) in [6.45, 7) is 0. The molecule has 2 heterocycles. The number of carbonyl (C=O) groups is 2. The minimum Gasteiger partial charge on any atom is -0.325 e. The highest BCUT2D eigenvalue weighted by molar-refractivity contribution is 7.13. The third kappa shape index (κ3) is 4.02. The zero-order valence-electron chi connectivity index (χ0n) is 12.0. The molecule has 3 aromatic rings. The Kier molecular flexibility index (Phi) is 4.80. The van der Waals surface area contributed by atoms with Crippen LogP contribution in [0.4, 0.5) is 10.8 Å². The Morgan fingerprint density at radius 3 is 2.61 bits per heavy atom. The molecule has 0 saturated carbocycles. The van der Waals surface area contributed by atoms with E-state index in [4.69, 9.17) is 0 Å². The molecule has 23 heavy (non-hydrogen) atoms. The van der Waals surface area contributed by atoms with Crippen molar-refractivity contribution < 1.29 is 9.59 Å². The van der Waals surface area contributed by atoms with Crippen LogP contribution in [0.15, 0.2) is 53.4 Å². The summed E-state index contributed by atoms with van der Waals surface area (Å²) in [7, 11) is 0. The molecule has 5 nitrogen and oxygen atoms in total. The van der Waals surface area contributed by atoms with E-state index in [0.29, 0.717) is 22.8 Å². The minimum atomic E-state index is -0.299. The monoisotopic (exact) mass is 343 g/mol. The van der Waals surface area contributed by atoms with Gasteiger partial charge in [-0.1, -0.05) is 18.2 Å². The number of carbonyl (C=O) groups excluding carboxylic acids is 2. The maximum atomic E-state index is 12.3. The number of thiophene rings is 1. The Morgan fingerprint density at radius 2 is 1.87 bits per heavy atom. The molecule has 0 fully saturated rings. The lowest BCUT2D eigenvalue weighted by atomic mass is 10.1. The van der Waals surface area contributed by atoms with Gasteiger partial charge in [-0.05, 0) is 23.6 Å². The third-order valence-electron chi connectivity index (χ3n) is 3.01. The van der Waals surface area contributed by atoms with E-state index >= 15 is 0 Å². The van der Waals surface area contributed by atoms with Crippen LogP contribution in [0, 0.1) is 0 Å². The number of hydrogen-bond donors (Lipinski definition) is 2. The number of nitrogens with zero attached hydrogens (tertiary/aromatic N) is 1. The van der Waals surface area contributed by atoms with Gasteiger partial charge in [-0.2, -0.15) is 0 Å². The highest BCUT2D eigenvalue weighted by Gasteiger charge is 2.14. The second kappa shape index (κ2) is 7.17. The van der Waals surface area contributed by atoms with Gasteiger partial charge in [0.05, 0.1) is 17.7 Å². The zero-order valence-corrected chi connectivity index (χ0v) is 13.6. The van der Waals surface area contributed by atoms with E-state index in [1.54, 1.807) is 35.8 Å². The highest BCUT2D eigenvalue weighted by Crippen LogP contribution is 2.19. The number of benzene rings is 1. The van der Waals surface area contributed by atoms with Gasteiger partial charge in [0.25, 0.3) is 5.91 Å². The van der Waals surface area contributed by atoms with Crippen LogP contribution in [0.3, 0.4) is 0 Å². The van der Waals surface area contributed by atoms with Gasteiger partial charge in [0.1, 0.15) is 0 Å². The molecule has 1 aromatic carbocycles. The average molecular weight is 343 g/mol. The summed E-state index contributed by atoms with van der Waals surface area (Å²) < 4.78 is 0. The molecule has 2 amide bonds. The number of rotatable bonds is 5. The maximum Gasteiger partial charge on any atom is 0.259 e. The van der Waals surface area contributed by atoms with Crippen LogP contribution in [0.25, 0.3) is 0 Å². The third-order valence-corrected chi connectivity index (χ3v) is 4.58. The summed E-state index contributed by atoms with van der Waals surface area (Å²) in [4.78, 5) is 29.5. The number of thiazole rings is 1. The van der Waals surface area contributed by atoms with Crippen LogP contribution in [-0.2, 0) is 11.2 Å². The molecule has 0 aliphatic heterocycles. The van der Waals surface area contributed by atoms with Gasteiger partial charge in [-0.25, -0.2) is 4.98 Å². The molecule has 7 heteroatoms. The summed E-state index contributed by atoms with van der Waals surface area (Å²) >= 11 is 2.87. The topological polar surface area (TPSA) is 71.1 Å². The first-order valence-electron chi connectivity index (χ1n) is 6.84. The Morgan fingerprint density at radius 1 is 1.00 bits per heavy atom. The SMILES string of the molecule is O=C(Cc1cccs1)Nc1ccccc1C(=O)Nc1nccs1. The van der Waals surface area contributed by atoms with Crippen molar-refractivity contribution in [2.45, 2.75) is 6.42 Å². The summed E-state index contributed by atoms with van der Waals surface area (Å²) in [6.07, 6.45) is 1.91. The number of hydrogen-bond acceptors (Lipinski definition) is 5. The molecule has 0 radical (unpaired) electrons. The Bertz CT molecular complexity index is 799. The van der Waals surface area contributed by atoms with E-state index < -0.39 is 0 Å². The standard InChI is InChI=1S/C16H13N3O2S2/c20-14(10-11-4-3-8-22-11)18-13-6-2-1-5-12(13)15(21)19-16-17-7-9-23-16/h1-9H,10H2,(H,18,20)(H,17,19,21). The molecule has 2 aromatic heterocycles. The number of anilines is 2. The Labute approximate surface area is 141 Å². The van der Waals surface area contributed by atoms with Crippen LogP contribution in [0.2, 0.25) is 0 Å². The lowest BCUT2D eigenvalue weighted by Crippen LogP contribution is -2.19. The largest absolute Gasteiger partial charge is 0.325 e. The van der Waals surface area contributed by atoms with Gasteiger partial charge in [-0.15, -0.1) is 22.7 Å². The zero-order chi connectivity index (χ0) is 16.1. The van der Waals surface area contributed by atoms with Gasteiger partial charge in [0.2, 0.25) is 5.91 Å². The molecule has 0 atom stereocenters. The van der Waals surface area contributed by atoms with Crippen molar-refractivity contribution in [3.63, 3.8) is 0 Å². The first-order chi connectivity index (χ1) is 11.2. The Hall–Kier alpha value is -2.51. The molecular weight excluding hydrogens is 330 g/mol. The second-order valence-electron chi connectivity index (χ2n) is 4.64. The van der Waals surface area contributed by atoms with Gasteiger partial charge in [-0.3, -0.25) is 14.9 Å². The quantitative estimate of drug-likeness (QED) is 0.743. The van der Waals surface area contributed by atoms with Gasteiger partial charge in [0, 0.05) is 16.5 Å². The summed E-state index contributed by atoms with van der Waals surface area (Å²) in [5, 5.41) is 9.75. The van der Waals surface area contributed by atoms with Crippen molar-refractivity contribution >= 4 is 45.3 Å². The molecule has 0 unspecified atom stereocenters. The van der Waals surface area contributed by atoms with Crippen LogP contribution in [-0.4, -0.2) is 16.8 Å². The molecule has 116 valence electrons. The van der Waals surface area contributed by atoms with Crippen molar-refractivity contribution in [1.29, 1.82) is 0 Å². The molecular formula is C16H13N3O2S2. The summed E-state index contributed by atoms with van der Waals surface area (Å²) in [5.74, 6) is -0.450. The predicted octanol–water partition coefficient (Wildman–Crippen LogP) is 3.64. The van der Waals surface area contributed by atoms with Crippen LogP contribution >= 0.6 is 22.7 Å². The van der Waals surface area contributed by atoms with Crippen molar-refractivity contribution in [2.24, 2.45) is 0 Å². The van der Waals surface area contributed by atoms with E-state index in [2.05, 4.69) is 15.6 Å². The first kappa shape index (κ1) is 15.4. The Balaban J connectivity index is 1.72. The van der Waals surface area contributed by atoms with Crippen LogP contribution < -0.4 is 10.6 Å². The normalized spacial score (nSPS) is 10.3. The van der Waals surface area contributed by atoms with Gasteiger partial charge in [0.15, 0.2) is 5.13 Å². The lowest BCUT2D eigenvalue weighted by Gasteiger charge is -2.10. The van der Waals surface area contributed by atoms with E-state index in [9.17, 15) is 9.59 Å². The predicted molar refractivity (Wildman–Crippen MR) is 93.2 cm³/mol. The van der Waals surface area contributed by atoms with Crippen LogP contribution in [0.1, 0.15) is 15.2 Å². The van der Waals surface area contributed by atoms with E-state index in [-0.39, 0.29) is 11.8 Å². The fourth-order valence-corrected chi connectivity index (χ4v) is 3.23. The fourth-order valence-electron chi connectivity index (χ4n) is 2.01. The van der Waals surface area contributed by atoms with Gasteiger partial charge >= 0.3 is 0 Å². The van der Waals surface area contributed by atoms with E-state index in [0.717, 1.165) is 4.88 Å². The number of amides is 2. The minimum absolute atomic E-state index is 0.151. The number of para-hydroxylation sites is 1.